The Bertz CT molecular complexity index is 1200. The number of nitrogens with one attached hydrogen (secondary N) is 1. The molecule has 2 saturated heterocycles. The van der Waals surface area contributed by atoms with E-state index in [2.05, 4.69) is 25.1 Å². The number of hydrogen-bond donors (Lipinski definition) is 1. The van der Waals surface area contributed by atoms with E-state index in [9.17, 15) is 13.2 Å². The van der Waals surface area contributed by atoms with Crippen LogP contribution in [0.4, 0.5) is 17.5 Å². The lowest BCUT2D eigenvalue weighted by Crippen LogP contribution is -2.41. The number of pyridine rings is 2. The first-order valence-electron chi connectivity index (χ1n) is 12.3. The van der Waals surface area contributed by atoms with Crippen molar-refractivity contribution in [1.29, 1.82) is 0 Å². The standard InChI is InChI=1S/C25H33N5O4S/c1-18-16-30(14-15-34-18)22-5-3-4-21(27-22)28-24(31)20-7-6-19(17-35(2,32)33)26-23(20)29-12-10-25(8-9-25)11-13-29/h3-7,18H,8-17H2,1-2H3,(H,27,28,31)/t18-/m1/s1. The number of amides is 1. The van der Waals surface area contributed by atoms with E-state index in [0.29, 0.717) is 34.9 Å². The van der Waals surface area contributed by atoms with Gasteiger partial charge in [0.15, 0.2) is 9.84 Å². The fourth-order valence-corrected chi connectivity index (χ4v) is 5.70. The van der Waals surface area contributed by atoms with Gasteiger partial charge in [-0.15, -0.1) is 0 Å². The van der Waals surface area contributed by atoms with E-state index < -0.39 is 9.84 Å². The first kappa shape index (κ1) is 24.0. The largest absolute Gasteiger partial charge is 0.375 e. The van der Waals surface area contributed by atoms with E-state index in [-0.39, 0.29) is 17.8 Å². The van der Waals surface area contributed by atoms with Crippen LogP contribution in [-0.4, -0.2) is 69.4 Å². The molecule has 2 aromatic heterocycles. The number of sulfone groups is 1. The van der Waals surface area contributed by atoms with Crippen LogP contribution in [0.1, 0.15) is 48.7 Å². The summed E-state index contributed by atoms with van der Waals surface area (Å²) in [5, 5.41) is 2.93. The van der Waals surface area contributed by atoms with Crippen LogP contribution in [0.25, 0.3) is 0 Å². The fraction of sp³-hybridized carbons (Fsp3) is 0.560. The third-order valence-corrected chi connectivity index (χ3v) is 8.03. The van der Waals surface area contributed by atoms with E-state index >= 15 is 0 Å². The zero-order valence-electron chi connectivity index (χ0n) is 20.4. The Morgan fingerprint density at radius 2 is 1.86 bits per heavy atom. The highest BCUT2D eigenvalue weighted by molar-refractivity contribution is 7.89. The molecule has 0 aromatic carbocycles. The number of ether oxygens (including phenoxy) is 1. The number of piperidine rings is 1. The Kier molecular flexibility index (Phi) is 6.43. The van der Waals surface area contributed by atoms with Gasteiger partial charge in [0.1, 0.15) is 17.5 Å². The number of hydrogen-bond acceptors (Lipinski definition) is 8. The predicted molar refractivity (Wildman–Crippen MR) is 136 cm³/mol. The average molecular weight is 500 g/mol. The van der Waals surface area contributed by atoms with Crippen LogP contribution < -0.4 is 15.1 Å². The molecule has 4 heterocycles. The molecule has 10 heteroatoms. The van der Waals surface area contributed by atoms with Crippen molar-refractivity contribution < 1.29 is 17.9 Å². The number of aromatic nitrogens is 2. The van der Waals surface area contributed by atoms with Gasteiger partial charge in [-0.2, -0.15) is 0 Å². The molecule has 5 rings (SSSR count). The summed E-state index contributed by atoms with van der Waals surface area (Å²) in [6.07, 6.45) is 6.03. The van der Waals surface area contributed by atoms with Crippen molar-refractivity contribution in [3.8, 4) is 0 Å². The normalized spacial score (nSPS) is 21.7. The van der Waals surface area contributed by atoms with Gasteiger partial charge >= 0.3 is 0 Å². The van der Waals surface area contributed by atoms with Gasteiger partial charge in [-0.1, -0.05) is 6.07 Å². The minimum atomic E-state index is -3.24. The Hall–Kier alpha value is -2.72. The van der Waals surface area contributed by atoms with Crippen LogP contribution in [0, 0.1) is 5.41 Å². The topological polar surface area (TPSA) is 105 Å². The van der Waals surface area contributed by atoms with Crippen LogP contribution in [0.5, 0.6) is 0 Å². The molecule has 1 amide bonds. The molecular weight excluding hydrogens is 466 g/mol. The van der Waals surface area contributed by atoms with Gasteiger partial charge in [0.05, 0.1) is 29.7 Å². The summed E-state index contributed by atoms with van der Waals surface area (Å²) in [6, 6.07) is 8.90. The summed E-state index contributed by atoms with van der Waals surface area (Å²) >= 11 is 0. The first-order chi connectivity index (χ1) is 16.7. The molecule has 1 atom stereocenters. The van der Waals surface area contributed by atoms with Crippen LogP contribution in [0.15, 0.2) is 30.3 Å². The van der Waals surface area contributed by atoms with E-state index in [1.807, 2.05) is 19.1 Å². The minimum absolute atomic E-state index is 0.127. The molecule has 0 radical (unpaired) electrons. The van der Waals surface area contributed by atoms with E-state index in [0.717, 1.165) is 44.8 Å². The Labute approximate surface area is 206 Å². The number of carbonyl (C=O) groups is 1. The molecule has 2 aliphatic heterocycles. The minimum Gasteiger partial charge on any atom is -0.375 e. The number of carbonyl (C=O) groups excluding carboxylic acids is 1. The SMILES string of the molecule is C[C@@H]1CN(c2cccc(NC(=O)c3ccc(CS(C)(=O)=O)nc3N3CCC4(CC3)CC4)n2)CCO1. The number of nitrogens with zero attached hydrogens (tertiary/aromatic N) is 4. The van der Waals surface area contributed by atoms with Crippen LogP contribution >= 0.6 is 0 Å². The van der Waals surface area contributed by atoms with Gasteiger partial charge < -0.3 is 19.9 Å². The molecule has 1 spiro atoms. The van der Waals surface area contributed by atoms with E-state index in [1.54, 1.807) is 18.2 Å². The fourth-order valence-electron chi connectivity index (χ4n) is 5.00. The molecule has 0 bridgehead atoms. The third kappa shape index (κ3) is 5.75. The van der Waals surface area contributed by atoms with Crippen molar-refractivity contribution in [1.82, 2.24) is 9.97 Å². The summed E-state index contributed by atoms with van der Waals surface area (Å²) < 4.78 is 29.4. The van der Waals surface area contributed by atoms with Gasteiger partial charge in [0, 0.05) is 32.4 Å². The van der Waals surface area contributed by atoms with E-state index in [1.165, 1.54) is 19.1 Å². The van der Waals surface area contributed by atoms with Gasteiger partial charge in [-0.05, 0) is 62.3 Å². The highest BCUT2D eigenvalue weighted by Crippen LogP contribution is 2.54. The maximum atomic E-state index is 13.4. The smallest absolute Gasteiger partial charge is 0.260 e. The second kappa shape index (κ2) is 9.39. The highest BCUT2D eigenvalue weighted by Gasteiger charge is 2.45. The van der Waals surface area contributed by atoms with Crippen LogP contribution in [-0.2, 0) is 20.3 Å². The molecule has 3 fully saturated rings. The van der Waals surface area contributed by atoms with Gasteiger partial charge in [-0.25, -0.2) is 18.4 Å². The van der Waals surface area contributed by atoms with Crippen molar-refractivity contribution in [3.63, 3.8) is 0 Å². The lowest BCUT2D eigenvalue weighted by molar-refractivity contribution is 0.0529. The Balaban J connectivity index is 1.38. The highest BCUT2D eigenvalue weighted by atomic mass is 32.2. The van der Waals surface area contributed by atoms with Crippen molar-refractivity contribution in [2.45, 2.75) is 44.5 Å². The molecule has 0 unspecified atom stereocenters. The molecule has 9 nitrogen and oxygen atoms in total. The van der Waals surface area contributed by atoms with Crippen molar-refractivity contribution in [3.05, 3.63) is 41.6 Å². The number of morpholine rings is 1. The lowest BCUT2D eigenvalue weighted by Gasteiger charge is -2.34. The molecule has 1 saturated carbocycles. The van der Waals surface area contributed by atoms with Crippen LogP contribution in [0.3, 0.4) is 0 Å². The van der Waals surface area contributed by atoms with Gasteiger partial charge in [0.2, 0.25) is 0 Å². The maximum absolute atomic E-state index is 13.4. The average Bonchev–Trinajstić information content (AvgIpc) is 3.57. The molecule has 1 aliphatic carbocycles. The summed E-state index contributed by atoms with van der Waals surface area (Å²) in [5.74, 6) is 1.36. The summed E-state index contributed by atoms with van der Waals surface area (Å²) in [5.41, 5.74) is 1.36. The van der Waals surface area contributed by atoms with Gasteiger partial charge in [0.25, 0.3) is 5.91 Å². The Morgan fingerprint density at radius 1 is 1.09 bits per heavy atom. The summed E-state index contributed by atoms with van der Waals surface area (Å²) in [7, 11) is -3.24. The Morgan fingerprint density at radius 3 is 2.54 bits per heavy atom. The number of anilines is 3. The van der Waals surface area contributed by atoms with Gasteiger partial charge in [-0.3, -0.25) is 4.79 Å². The second-order valence-corrected chi connectivity index (χ2v) is 12.3. The molecule has 3 aliphatic rings. The third-order valence-electron chi connectivity index (χ3n) is 7.21. The molecule has 35 heavy (non-hydrogen) atoms. The maximum Gasteiger partial charge on any atom is 0.260 e. The lowest BCUT2D eigenvalue weighted by atomic mass is 9.93. The summed E-state index contributed by atoms with van der Waals surface area (Å²) in [4.78, 5) is 27.0. The molecular formula is C25H33N5O4S. The quantitative estimate of drug-likeness (QED) is 0.647. The zero-order chi connectivity index (χ0) is 24.6. The number of rotatable bonds is 6. The van der Waals surface area contributed by atoms with E-state index in [4.69, 9.17) is 4.74 Å². The first-order valence-corrected chi connectivity index (χ1v) is 14.3. The van der Waals surface area contributed by atoms with Crippen LogP contribution in [0.2, 0.25) is 0 Å². The molecule has 1 N–H and O–H groups in total. The second-order valence-electron chi connectivity index (χ2n) is 10.2. The van der Waals surface area contributed by atoms with Crippen molar-refractivity contribution in [2.75, 3.05) is 54.2 Å². The van der Waals surface area contributed by atoms with Crippen molar-refractivity contribution >= 4 is 33.2 Å². The predicted octanol–water partition coefficient (Wildman–Crippen LogP) is 2.88. The monoisotopic (exact) mass is 499 g/mol. The summed E-state index contributed by atoms with van der Waals surface area (Å²) in [6.45, 7) is 5.81. The molecule has 188 valence electrons. The van der Waals surface area contributed by atoms with Crippen molar-refractivity contribution in [2.24, 2.45) is 5.41 Å². The zero-order valence-corrected chi connectivity index (χ0v) is 21.2. The molecule has 2 aromatic rings.